The number of aromatic nitrogens is 1. The van der Waals surface area contributed by atoms with Crippen molar-refractivity contribution in [3.8, 4) is 11.4 Å². The summed E-state index contributed by atoms with van der Waals surface area (Å²) in [5.41, 5.74) is 5.16. The highest BCUT2D eigenvalue weighted by atomic mass is 32.2. The molecule has 2 heterocycles. The first kappa shape index (κ1) is 23.0. The first-order valence-electron chi connectivity index (χ1n) is 11.6. The third kappa shape index (κ3) is 4.37. The molecule has 0 radical (unpaired) electrons. The van der Waals surface area contributed by atoms with Crippen molar-refractivity contribution < 1.29 is 9.53 Å². The number of nitrogens with zero attached hydrogens (tertiary/aromatic N) is 3. The van der Waals surface area contributed by atoms with Crippen LogP contribution in [0.3, 0.4) is 0 Å². The average Bonchev–Trinajstić information content (AvgIpc) is 3.32. The second-order valence-electron chi connectivity index (χ2n) is 8.45. The van der Waals surface area contributed by atoms with Gasteiger partial charge >= 0.3 is 0 Å². The molecule has 1 aliphatic rings. The molecule has 0 atom stereocenters. The van der Waals surface area contributed by atoms with Crippen LogP contribution in [0.1, 0.15) is 23.9 Å². The van der Waals surface area contributed by atoms with E-state index in [-0.39, 0.29) is 5.91 Å². The van der Waals surface area contributed by atoms with Gasteiger partial charge < -0.3 is 9.30 Å². The summed E-state index contributed by atoms with van der Waals surface area (Å²) in [6.45, 7) is 6.73. The quantitative estimate of drug-likeness (QED) is 0.292. The standard InChI is InChI=1S/C29H27N3O2S/c1-5-31-28(33)27(35-29(31)30-24-11-14-26(34-4)15-12-24)18-23-16-19(2)32(20(23)3)25-13-10-21-8-6-7-9-22(21)17-25/h6-18H,5H2,1-4H3/b27-18+,30-29?. The lowest BCUT2D eigenvalue weighted by Crippen LogP contribution is -2.28. The highest BCUT2D eigenvalue weighted by molar-refractivity contribution is 8.18. The Bertz CT molecular complexity index is 1480. The van der Waals surface area contributed by atoms with Crippen LogP contribution in [-0.4, -0.2) is 34.2 Å². The fourth-order valence-electron chi connectivity index (χ4n) is 4.43. The summed E-state index contributed by atoms with van der Waals surface area (Å²) in [6.07, 6.45) is 1.99. The number of amides is 1. The number of ether oxygens (including phenoxy) is 1. The minimum absolute atomic E-state index is 0.0136. The largest absolute Gasteiger partial charge is 0.497 e. The number of amidine groups is 1. The van der Waals surface area contributed by atoms with Crippen molar-refractivity contribution in [3.63, 3.8) is 0 Å². The number of likely N-dealkylation sites (N-methyl/N-ethyl adjacent to an activating group) is 1. The lowest BCUT2D eigenvalue weighted by atomic mass is 10.1. The van der Waals surface area contributed by atoms with E-state index in [1.54, 1.807) is 12.0 Å². The van der Waals surface area contributed by atoms with E-state index in [0.717, 1.165) is 34.1 Å². The molecule has 6 heteroatoms. The molecule has 0 N–H and O–H groups in total. The van der Waals surface area contributed by atoms with Gasteiger partial charge in [-0.2, -0.15) is 0 Å². The molecule has 0 aliphatic carbocycles. The van der Waals surface area contributed by atoms with Crippen LogP contribution in [0.5, 0.6) is 5.75 Å². The first-order valence-corrected chi connectivity index (χ1v) is 12.4. The minimum atomic E-state index is -0.0136. The Morgan fingerprint density at radius 3 is 2.43 bits per heavy atom. The van der Waals surface area contributed by atoms with Gasteiger partial charge in [0.25, 0.3) is 5.91 Å². The van der Waals surface area contributed by atoms with E-state index < -0.39 is 0 Å². The molecule has 35 heavy (non-hydrogen) atoms. The number of carbonyl (C=O) groups is 1. The summed E-state index contributed by atoms with van der Waals surface area (Å²) >= 11 is 1.42. The number of fused-ring (bicyclic) bond motifs is 1. The van der Waals surface area contributed by atoms with E-state index in [4.69, 9.17) is 9.73 Å². The number of benzene rings is 3. The molecule has 1 fully saturated rings. The second kappa shape index (κ2) is 9.47. The minimum Gasteiger partial charge on any atom is -0.497 e. The van der Waals surface area contributed by atoms with Gasteiger partial charge in [0, 0.05) is 23.6 Å². The van der Waals surface area contributed by atoms with Crippen LogP contribution in [0, 0.1) is 13.8 Å². The van der Waals surface area contributed by atoms with E-state index in [1.807, 2.05) is 37.3 Å². The molecule has 1 amide bonds. The van der Waals surface area contributed by atoms with Gasteiger partial charge in [0.1, 0.15) is 5.75 Å². The van der Waals surface area contributed by atoms with Gasteiger partial charge in [-0.15, -0.1) is 0 Å². The van der Waals surface area contributed by atoms with Crippen LogP contribution in [0.2, 0.25) is 0 Å². The van der Waals surface area contributed by atoms with Gasteiger partial charge in [-0.1, -0.05) is 30.3 Å². The predicted octanol–water partition coefficient (Wildman–Crippen LogP) is 6.88. The van der Waals surface area contributed by atoms with Gasteiger partial charge in [-0.05, 0) is 97.4 Å². The molecule has 0 saturated carbocycles. The monoisotopic (exact) mass is 481 g/mol. The zero-order valence-corrected chi connectivity index (χ0v) is 21.1. The Morgan fingerprint density at radius 2 is 1.71 bits per heavy atom. The zero-order chi connectivity index (χ0) is 24.5. The van der Waals surface area contributed by atoms with E-state index in [2.05, 4.69) is 66.9 Å². The number of methoxy groups -OCH3 is 1. The third-order valence-corrected chi connectivity index (χ3v) is 7.26. The Kier molecular flexibility index (Phi) is 6.22. The first-order chi connectivity index (χ1) is 17.0. The molecule has 1 saturated heterocycles. The normalized spacial score (nSPS) is 16.1. The third-order valence-electron chi connectivity index (χ3n) is 6.25. The molecular weight excluding hydrogens is 454 g/mol. The number of hydrogen-bond donors (Lipinski definition) is 0. The van der Waals surface area contributed by atoms with Gasteiger partial charge in [0.05, 0.1) is 17.7 Å². The Balaban J connectivity index is 1.49. The van der Waals surface area contributed by atoms with E-state index in [0.29, 0.717) is 16.6 Å². The van der Waals surface area contributed by atoms with E-state index in [1.165, 1.54) is 22.5 Å². The lowest BCUT2D eigenvalue weighted by Gasteiger charge is -2.12. The maximum Gasteiger partial charge on any atom is 0.266 e. The summed E-state index contributed by atoms with van der Waals surface area (Å²) in [6, 6.07) is 24.5. The molecule has 176 valence electrons. The lowest BCUT2D eigenvalue weighted by molar-refractivity contribution is -0.122. The Morgan fingerprint density at radius 1 is 0.971 bits per heavy atom. The molecule has 0 spiro atoms. The average molecular weight is 482 g/mol. The van der Waals surface area contributed by atoms with Crippen LogP contribution in [0.25, 0.3) is 22.5 Å². The molecule has 5 nitrogen and oxygen atoms in total. The summed E-state index contributed by atoms with van der Waals surface area (Å²) in [5.74, 6) is 0.763. The summed E-state index contributed by atoms with van der Waals surface area (Å²) in [7, 11) is 1.64. The molecule has 0 unspecified atom stereocenters. The number of rotatable bonds is 5. The molecule has 4 aromatic rings. The van der Waals surface area contributed by atoms with Crippen molar-refractivity contribution in [1.82, 2.24) is 9.47 Å². The Labute approximate surface area is 209 Å². The smallest absolute Gasteiger partial charge is 0.266 e. The van der Waals surface area contributed by atoms with Crippen molar-refractivity contribution in [1.29, 1.82) is 0 Å². The second-order valence-corrected chi connectivity index (χ2v) is 9.45. The highest BCUT2D eigenvalue weighted by Crippen LogP contribution is 2.35. The Hall–Kier alpha value is -3.77. The van der Waals surface area contributed by atoms with Crippen molar-refractivity contribution >= 4 is 45.4 Å². The van der Waals surface area contributed by atoms with Gasteiger partial charge in [-0.25, -0.2) is 4.99 Å². The fourth-order valence-corrected chi connectivity index (χ4v) is 5.48. The van der Waals surface area contributed by atoms with Crippen LogP contribution >= 0.6 is 11.8 Å². The number of aliphatic imine (C=N–C) groups is 1. The van der Waals surface area contributed by atoms with Crippen LogP contribution in [0.4, 0.5) is 5.69 Å². The maximum atomic E-state index is 13.2. The SMILES string of the molecule is CCN1C(=O)/C(=C\c2cc(C)n(-c3ccc4ccccc4c3)c2C)SC1=Nc1ccc(OC)cc1. The summed E-state index contributed by atoms with van der Waals surface area (Å²) in [4.78, 5) is 20.3. The van der Waals surface area contributed by atoms with Crippen LogP contribution in [-0.2, 0) is 4.79 Å². The van der Waals surface area contributed by atoms with Gasteiger partial charge in [-0.3, -0.25) is 9.69 Å². The molecular formula is C29H27N3O2S. The molecule has 5 rings (SSSR count). The fraction of sp³-hybridized carbons (Fsp3) is 0.172. The molecule has 1 aliphatic heterocycles. The summed E-state index contributed by atoms with van der Waals surface area (Å²) < 4.78 is 7.47. The number of aryl methyl sites for hydroxylation is 1. The molecule has 0 bridgehead atoms. The van der Waals surface area contributed by atoms with Gasteiger partial charge in [0.15, 0.2) is 5.17 Å². The van der Waals surface area contributed by atoms with E-state index >= 15 is 0 Å². The van der Waals surface area contributed by atoms with Gasteiger partial charge in [0.2, 0.25) is 0 Å². The predicted molar refractivity (Wildman–Crippen MR) is 146 cm³/mol. The highest BCUT2D eigenvalue weighted by Gasteiger charge is 2.32. The van der Waals surface area contributed by atoms with Crippen molar-refractivity contribution in [2.75, 3.05) is 13.7 Å². The van der Waals surface area contributed by atoms with E-state index in [9.17, 15) is 4.79 Å². The van der Waals surface area contributed by atoms with Crippen LogP contribution in [0.15, 0.2) is 82.7 Å². The summed E-state index contributed by atoms with van der Waals surface area (Å²) in [5, 5.41) is 3.12. The topological polar surface area (TPSA) is 46.8 Å². The zero-order valence-electron chi connectivity index (χ0n) is 20.3. The van der Waals surface area contributed by atoms with Crippen molar-refractivity contribution in [3.05, 3.63) is 94.7 Å². The molecule has 1 aromatic heterocycles. The number of hydrogen-bond acceptors (Lipinski definition) is 4. The van der Waals surface area contributed by atoms with Crippen molar-refractivity contribution in [2.45, 2.75) is 20.8 Å². The molecule has 3 aromatic carbocycles. The number of carbonyl (C=O) groups excluding carboxylic acids is 1. The number of thioether (sulfide) groups is 1. The maximum absolute atomic E-state index is 13.2. The van der Waals surface area contributed by atoms with Crippen molar-refractivity contribution in [2.24, 2.45) is 4.99 Å². The van der Waals surface area contributed by atoms with Crippen LogP contribution < -0.4 is 4.74 Å².